The highest BCUT2D eigenvalue weighted by Crippen LogP contribution is 2.23. The Labute approximate surface area is 114 Å². The zero-order valence-electron chi connectivity index (χ0n) is 10.7. The van der Waals surface area contributed by atoms with Gasteiger partial charge in [-0.3, -0.25) is 0 Å². The lowest BCUT2D eigenvalue weighted by Crippen LogP contribution is -2.54. The molecule has 3 rings (SSSR count). The molecule has 19 heavy (non-hydrogen) atoms. The molecule has 1 fully saturated rings. The van der Waals surface area contributed by atoms with Crippen molar-refractivity contribution >= 4 is 10.2 Å². The lowest BCUT2D eigenvalue weighted by molar-refractivity contribution is 0.310. The van der Waals surface area contributed by atoms with E-state index in [1.165, 1.54) is 9.87 Å². The fourth-order valence-electron chi connectivity index (χ4n) is 2.72. The zero-order chi connectivity index (χ0) is 13.5. The van der Waals surface area contributed by atoms with E-state index >= 15 is 0 Å². The summed E-state index contributed by atoms with van der Waals surface area (Å²) in [7, 11) is -3.38. The number of nitrogens with one attached hydrogen (secondary N) is 1. The lowest BCUT2D eigenvalue weighted by Gasteiger charge is -2.35. The Balaban J connectivity index is 1.70. The van der Waals surface area contributed by atoms with Crippen molar-refractivity contribution in [2.75, 3.05) is 6.54 Å². The van der Waals surface area contributed by atoms with Crippen LogP contribution in [-0.2, 0) is 23.2 Å². The minimum atomic E-state index is -3.38. The van der Waals surface area contributed by atoms with E-state index in [1.54, 1.807) is 0 Å². The Hall–Kier alpha value is -0.950. The van der Waals surface area contributed by atoms with Gasteiger partial charge in [-0.05, 0) is 30.4 Å². The predicted octanol–water partition coefficient (Wildman–Crippen LogP) is 0.369. The molecule has 5 nitrogen and oxygen atoms in total. The van der Waals surface area contributed by atoms with E-state index in [0.29, 0.717) is 13.1 Å². The highest BCUT2D eigenvalue weighted by molar-refractivity contribution is 7.87. The van der Waals surface area contributed by atoms with E-state index in [0.717, 1.165) is 24.8 Å². The fourth-order valence-corrected chi connectivity index (χ4v) is 4.12. The van der Waals surface area contributed by atoms with Gasteiger partial charge < -0.3 is 5.73 Å². The van der Waals surface area contributed by atoms with Crippen LogP contribution in [0.2, 0.25) is 0 Å². The van der Waals surface area contributed by atoms with Crippen LogP contribution >= 0.6 is 0 Å². The summed E-state index contributed by atoms with van der Waals surface area (Å²) in [5, 5.41) is 0. The molecule has 104 valence electrons. The van der Waals surface area contributed by atoms with Crippen LogP contribution in [-0.4, -0.2) is 31.4 Å². The van der Waals surface area contributed by atoms with Gasteiger partial charge in [0.2, 0.25) is 0 Å². The molecule has 0 bridgehead atoms. The third-order valence-corrected chi connectivity index (χ3v) is 5.55. The molecule has 1 heterocycles. The molecule has 1 aromatic rings. The summed E-state index contributed by atoms with van der Waals surface area (Å²) < 4.78 is 28.8. The van der Waals surface area contributed by atoms with Crippen LogP contribution in [0.4, 0.5) is 0 Å². The van der Waals surface area contributed by atoms with Crippen LogP contribution in [0.5, 0.6) is 0 Å². The van der Waals surface area contributed by atoms with Crippen molar-refractivity contribution in [3.05, 3.63) is 35.4 Å². The molecule has 6 heteroatoms. The number of benzene rings is 1. The molecule has 2 aliphatic rings. The first-order chi connectivity index (χ1) is 9.04. The first-order valence-corrected chi connectivity index (χ1v) is 8.08. The van der Waals surface area contributed by atoms with Gasteiger partial charge in [-0.25, -0.2) is 0 Å². The van der Waals surface area contributed by atoms with Gasteiger partial charge in [0.25, 0.3) is 10.2 Å². The average Bonchev–Trinajstić information content (AvgIpc) is 2.36. The number of hydrogen-bond donors (Lipinski definition) is 2. The van der Waals surface area contributed by atoms with E-state index in [-0.39, 0.29) is 12.1 Å². The van der Waals surface area contributed by atoms with Gasteiger partial charge >= 0.3 is 0 Å². The molecule has 3 N–H and O–H groups in total. The topological polar surface area (TPSA) is 75.4 Å². The Morgan fingerprint density at radius 2 is 1.89 bits per heavy atom. The molecule has 0 radical (unpaired) electrons. The second-order valence-electron chi connectivity index (χ2n) is 5.40. The van der Waals surface area contributed by atoms with Crippen molar-refractivity contribution < 1.29 is 8.42 Å². The van der Waals surface area contributed by atoms with Gasteiger partial charge in [-0.15, -0.1) is 0 Å². The van der Waals surface area contributed by atoms with Gasteiger partial charge in [-0.2, -0.15) is 17.4 Å². The summed E-state index contributed by atoms with van der Waals surface area (Å²) in [6.07, 6.45) is 2.26. The van der Waals surface area contributed by atoms with Crippen LogP contribution in [0.15, 0.2) is 24.3 Å². The van der Waals surface area contributed by atoms with Crippen molar-refractivity contribution in [3.63, 3.8) is 0 Å². The molecule has 0 spiro atoms. The van der Waals surface area contributed by atoms with Crippen molar-refractivity contribution in [1.82, 2.24) is 9.03 Å². The van der Waals surface area contributed by atoms with Gasteiger partial charge in [0.15, 0.2) is 0 Å². The maximum absolute atomic E-state index is 12.3. The highest BCUT2D eigenvalue weighted by atomic mass is 32.2. The number of rotatable bonds is 3. The Kier molecular flexibility index (Phi) is 3.34. The summed E-state index contributed by atoms with van der Waals surface area (Å²) >= 11 is 0. The second kappa shape index (κ2) is 4.86. The molecular weight excluding hydrogens is 262 g/mol. The lowest BCUT2D eigenvalue weighted by atomic mass is 9.89. The SMILES string of the molecule is NC1CC(NS(=O)(=O)N2CCc3ccccc3C2)C1. The standard InChI is InChI=1S/C13H19N3O2S/c14-12-7-13(8-12)15-19(17,18)16-6-5-10-3-1-2-4-11(10)9-16/h1-4,12-13,15H,5-9,14H2. The first kappa shape index (κ1) is 13.1. The summed E-state index contributed by atoms with van der Waals surface area (Å²) in [5.74, 6) is 0. The van der Waals surface area contributed by atoms with E-state index in [9.17, 15) is 8.42 Å². The Bertz CT molecular complexity index is 567. The minimum Gasteiger partial charge on any atom is -0.328 e. The smallest absolute Gasteiger partial charge is 0.280 e. The van der Waals surface area contributed by atoms with Crippen molar-refractivity contribution in [3.8, 4) is 0 Å². The monoisotopic (exact) mass is 281 g/mol. The Morgan fingerprint density at radius 3 is 2.58 bits per heavy atom. The number of hydrogen-bond acceptors (Lipinski definition) is 3. The highest BCUT2D eigenvalue weighted by Gasteiger charge is 2.33. The molecule has 0 aromatic heterocycles. The maximum atomic E-state index is 12.3. The largest absolute Gasteiger partial charge is 0.328 e. The molecule has 1 aromatic carbocycles. The molecule has 0 saturated heterocycles. The summed E-state index contributed by atoms with van der Waals surface area (Å²) in [4.78, 5) is 0. The zero-order valence-corrected chi connectivity index (χ0v) is 11.6. The Morgan fingerprint density at radius 1 is 1.21 bits per heavy atom. The normalized spacial score (nSPS) is 27.6. The van der Waals surface area contributed by atoms with Crippen LogP contribution < -0.4 is 10.5 Å². The average molecular weight is 281 g/mol. The molecule has 0 atom stereocenters. The molecular formula is C13H19N3O2S. The molecule has 0 unspecified atom stereocenters. The van der Waals surface area contributed by atoms with Crippen LogP contribution in [0.3, 0.4) is 0 Å². The molecule has 1 saturated carbocycles. The summed E-state index contributed by atoms with van der Waals surface area (Å²) in [5.41, 5.74) is 8.03. The van der Waals surface area contributed by atoms with E-state index in [1.807, 2.05) is 18.2 Å². The molecule has 0 amide bonds. The number of fused-ring (bicyclic) bond motifs is 1. The number of nitrogens with two attached hydrogens (primary N) is 1. The minimum absolute atomic E-state index is 0.0113. The quantitative estimate of drug-likeness (QED) is 0.840. The van der Waals surface area contributed by atoms with Crippen molar-refractivity contribution in [2.24, 2.45) is 5.73 Å². The van der Waals surface area contributed by atoms with E-state index in [4.69, 9.17) is 5.73 Å². The second-order valence-corrected chi connectivity index (χ2v) is 7.11. The summed E-state index contributed by atoms with van der Waals surface area (Å²) in [6, 6.07) is 8.17. The summed E-state index contributed by atoms with van der Waals surface area (Å²) in [6.45, 7) is 1.01. The van der Waals surface area contributed by atoms with Crippen LogP contribution in [0.1, 0.15) is 24.0 Å². The predicted molar refractivity (Wildman–Crippen MR) is 73.6 cm³/mol. The van der Waals surface area contributed by atoms with Gasteiger partial charge in [0.1, 0.15) is 0 Å². The van der Waals surface area contributed by atoms with Gasteiger partial charge in [-0.1, -0.05) is 24.3 Å². The maximum Gasteiger partial charge on any atom is 0.280 e. The van der Waals surface area contributed by atoms with E-state index < -0.39 is 10.2 Å². The van der Waals surface area contributed by atoms with Crippen molar-refractivity contribution in [2.45, 2.75) is 37.9 Å². The van der Waals surface area contributed by atoms with Gasteiger partial charge in [0.05, 0.1) is 0 Å². The van der Waals surface area contributed by atoms with Gasteiger partial charge in [0, 0.05) is 25.2 Å². The molecule has 1 aliphatic carbocycles. The van der Waals surface area contributed by atoms with Crippen molar-refractivity contribution in [1.29, 1.82) is 0 Å². The molecule has 1 aliphatic heterocycles. The first-order valence-electron chi connectivity index (χ1n) is 6.64. The van der Waals surface area contributed by atoms with Crippen LogP contribution in [0.25, 0.3) is 0 Å². The number of nitrogens with zero attached hydrogens (tertiary/aromatic N) is 1. The fraction of sp³-hybridized carbons (Fsp3) is 0.538. The third-order valence-electron chi connectivity index (χ3n) is 3.93. The van der Waals surface area contributed by atoms with E-state index in [2.05, 4.69) is 10.8 Å². The third kappa shape index (κ3) is 2.67. The van der Waals surface area contributed by atoms with Crippen LogP contribution in [0, 0.1) is 0 Å².